The SMILES string of the molecule is CC(C)c1ccc2c3c1cc(C(=O)N[C@@H](Cc1ccccc1)[C@H](O)CNC1CC1)n3C(C)CSN2. The third-order valence-corrected chi connectivity index (χ3v) is 8.12. The Labute approximate surface area is 212 Å². The molecule has 1 amide bonds. The van der Waals surface area contributed by atoms with Crippen LogP contribution in [0.4, 0.5) is 5.69 Å². The van der Waals surface area contributed by atoms with E-state index < -0.39 is 6.10 Å². The lowest BCUT2D eigenvalue weighted by Gasteiger charge is -2.25. The van der Waals surface area contributed by atoms with E-state index in [9.17, 15) is 9.90 Å². The van der Waals surface area contributed by atoms with E-state index in [-0.39, 0.29) is 18.0 Å². The summed E-state index contributed by atoms with van der Waals surface area (Å²) in [4.78, 5) is 13.8. The molecule has 186 valence electrons. The van der Waals surface area contributed by atoms with E-state index in [0.29, 0.717) is 30.6 Å². The lowest BCUT2D eigenvalue weighted by atomic mass is 9.98. The van der Waals surface area contributed by atoms with Crippen molar-refractivity contribution in [3.8, 4) is 0 Å². The largest absolute Gasteiger partial charge is 0.390 e. The Balaban J connectivity index is 1.48. The second-order valence-corrected chi connectivity index (χ2v) is 11.1. The molecule has 6 nitrogen and oxygen atoms in total. The van der Waals surface area contributed by atoms with Crippen molar-refractivity contribution in [1.29, 1.82) is 0 Å². The average Bonchev–Trinajstić information content (AvgIpc) is 3.61. The molecule has 3 atom stereocenters. The maximum absolute atomic E-state index is 13.8. The van der Waals surface area contributed by atoms with Gasteiger partial charge in [-0.25, -0.2) is 0 Å². The first-order valence-corrected chi connectivity index (χ1v) is 13.7. The lowest BCUT2D eigenvalue weighted by molar-refractivity contribution is 0.0821. The summed E-state index contributed by atoms with van der Waals surface area (Å²) in [5, 5.41) is 18.8. The number of amides is 1. The topological polar surface area (TPSA) is 78.3 Å². The number of benzene rings is 2. The summed E-state index contributed by atoms with van der Waals surface area (Å²) in [6.07, 6.45) is 2.22. The zero-order valence-electron chi connectivity index (χ0n) is 20.8. The molecule has 7 heteroatoms. The van der Waals surface area contributed by atoms with Crippen LogP contribution in [0.5, 0.6) is 0 Å². The number of aliphatic hydroxyl groups excluding tert-OH is 1. The molecule has 4 N–H and O–H groups in total. The van der Waals surface area contributed by atoms with Crippen LogP contribution >= 0.6 is 11.9 Å². The Kier molecular flexibility index (Phi) is 7.09. The zero-order valence-corrected chi connectivity index (χ0v) is 21.6. The standard InChI is InChI=1S/C28H36N4O2S/c1-17(2)21-11-12-23-27-22(21)14-25(32(27)18(3)16-35-31-23)28(34)30-24(13-19-7-5-4-6-8-19)26(33)15-29-20-9-10-20/h4-8,11-12,14,17-18,20,24,26,29,31,33H,9-10,13,15-16H2,1-3H3,(H,30,34)/t18?,24-,26+/m0/s1. The number of nitrogens with one attached hydrogen (secondary N) is 3. The van der Waals surface area contributed by atoms with Crippen molar-refractivity contribution in [3.05, 3.63) is 65.4 Å². The van der Waals surface area contributed by atoms with Crippen LogP contribution in [-0.2, 0) is 6.42 Å². The number of hydrogen-bond donors (Lipinski definition) is 4. The molecule has 1 fully saturated rings. The van der Waals surface area contributed by atoms with Crippen molar-refractivity contribution >= 4 is 34.4 Å². The van der Waals surface area contributed by atoms with E-state index in [1.165, 1.54) is 5.56 Å². The Morgan fingerprint density at radius 3 is 2.69 bits per heavy atom. The van der Waals surface area contributed by atoms with Crippen LogP contribution in [-0.4, -0.2) is 46.1 Å². The number of nitrogens with zero attached hydrogens (tertiary/aromatic N) is 1. The maximum Gasteiger partial charge on any atom is 0.268 e. The van der Waals surface area contributed by atoms with Gasteiger partial charge in [-0.3, -0.25) is 4.79 Å². The molecule has 0 radical (unpaired) electrons. The van der Waals surface area contributed by atoms with Gasteiger partial charge in [0.2, 0.25) is 0 Å². The number of aliphatic hydroxyl groups is 1. The smallest absolute Gasteiger partial charge is 0.268 e. The van der Waals surface area contributed by atoms with Crippen LogP contribution < -0.4 is 15.4 Å². The molecular formula is C28H36N4O2S. The molecule has 0 bridgehead atoms. The van der Waals surface area contributed by atoms with Gasteiger partial charge in [-0.15, -0.1) is 0 Å². The number of carbonyl (C=O) groups excluding carboxylic acids is 1. The first kappa shape index (κ1) is 24.2. The second-order valence-electron chi connectivity index (χ2n) is 10.3. The Morgan fingerprint density at radius 1 is 1.20 bits per heavy atom. The summed E-state index contributed by atoms with van der Waals surface area (Å²) < 4.78 is 5.67. The average molecular weight is 493 g/mol. The van der Waals surface area contributed by atoms with Gasteiger partial charge in [-0.05, 0) is 55.4 Å². The molecule has 1 aromatic heterocycles. The molecule has 1 aliphatic carbocycles. The van der Waals surface area contributed by atoms with Gasteiger partial charge in [-0.2, -0.15) is 0 Å². The van der Waals surface area contributed by atoms with Gasteiger partial charge >= 0.3 is 0 Å². The predicted octanol–water partition coefficient (Wildman–Crippen LogP) is 4.85. The molecule has 2 aromatic carbocycles. The minimum absolute atomic E-state index is 0.132. The lowest BCUT2D eigenvalue weighted by Crippen LogP contribution is -2.49. The Hall–Kier alpha value is -2.48. The fourth-order valence-corrected chi connectivity index (χ4v) is 5.80. The van der Waals surface area contributed by atoms with Crippen molar-refractivity contribution < 1.29 is 9.90 Å². The third-order valence-electron chi connectivity index (χ3n) is 7.11. The molecule has 1 aliphatic heterocycles. The highest BCUT2D eigenvalue weighted by Crippen LogP contribution is 2.39. The molecule has 3 aromatic rings. The molecule has 2 heterocycles. The minimum atomic E-state index is -0.676. The van der Waals surface area contributed by atoms with E-state index in [1.54, 1.807) is 11.9 Å². The van der Waals surface area contributed by atoms with E-state index in [4.69, 9.17) is 0 Å². The monoisotopic (exact) mass is 492 g/mol. The van der Waals surface area contributed by atoms with Gasteiger partial charge < -0.3 is 25.0 Å². The fourth-order valence-electron chi connectivity index (χ4n) is 5.01. The molecule has 0 spiro atoms. The summed E-state index contributed by atoms with van der Waals surface area (Å²) in [5.74, 6) is 1.08. The first-order chi connectivity index (χ1) is 16.9. The Bertz CT molecular complexity index is 1190. The van der Waals surface area contributed by atoms with Crippen LogP contribution in [0.1, 0.15) is 67.2 Å². The molecule has 5 rings (SSSR count). The first-order valence-electron chi connectivity index (χ1n) is 12.7. The second kappa shape index (κ2) is 10.2. The van der Waals surface area contributed by atoms with Crippen molar-refractivity contribution in [2.24, 2.45) is 0 Å². The van der Waals surface area contributed by atoms with Crippen LogP contribution in [0.15, 0.2) is 48.5 Å². The summed E-state index contributed by atoms with van der Waals surface area (Å²) in [7, 11) is 0. The van der Waals surface area contributed by atoms with E-state index >= 15 is 0 Å². The van der Waals surface area contributed by atoms with Crippen LogP contribution in [0.25, 0.3) is 10.9 Å². The maximum atomic E-state index is 13.8. The third kappa shape index (κ3) is 5.22. The number of rotatable bonds is 9. The van der Waals surface area contributed by atoms with Gasteiger partial charge in [0, 0.05) is 29.8 Å². The highest BCUT2D eigenvalue weighted by Gasteiger charge is 2.30. The molecule has 0 saturated heterocycles. The number of hydrogen-bond acceptors (Lipinski definition) is 5. The quantitative estimate of drug-likeness (QED) is 0.321. The minimum Gasteiger partial charge on any atom is -0.390 e. The Morgan fingerprint density at radius 2 is 1.97 bits per heavy atom. The van der Waals surface area contributed by atoms with Crippen molar-refractivity contribution in [3.63, 3.8) is 0 Å². The molecule has 1 saturated carbocycles. The van der Waals surface area contributed by atoms with E-state index in [0.717, 1.165) is 40.7 Å². The normalized spacial score (nSPS) is 19.3. The predicted molar refractivity (Wildman–Crippen MR) is 145 cm³/mol. The number of aromatic nitrogens is 1. The van der Waals surface area contributed by atoms with Crippen LogP contribution in [0.2, 0.25) is 0 Å². The van der Waals surface area contributed by atoms with Gasteiger partial charge in [0.05, 0.1) is 23.3 Å². The van der Waals surface area contributed by atoms with Gasteiger partial charge in [0.25, 0.3) is 5.91 Å². The van der Waals surface area contributed by atoms with E-state index in [2.05, 4.69) is 52.8 Å². The fraction of sp³-hybridized carbons (Fsp3) is 0.464. The highest BCUT2D eigenvalue weighted by atomic mass is 32.2. The van der Waals surface area contributed by atoms with Crippen molar-refractivity contribution in [1.82, 2.24) is 15.2 Å². The van der Waals surface area contributed by atoms with Crippen molar-refractivity contribution in [2.75, 3.05) is 17.0 Å². The molecule has 35 heavy (non-hydrogen) atoms. The number of carbonyl (C=O) groups is 1. The van der Waals surface area contributed by atoms with Gasteiger partial charge in [-0.1, -0.05) is 62.2 Å². The van der Waals surface area contributed by atoms with Gasteiger partial charge in [0.15, 0.2) is 0 Å². The molecule has 2 aliphatic rings. The van der Waals surface area contributed by atoms with Crippen LogP contribution in [0.3, 0.4) is 0 Å². The van der Waals surface area contributed by atoms with Gasteiger partial charge in [0.1, 0.15) is 5.69 Å². The molecule has 1 unspecified atom stereocenters. The van der Waals surface area contributed by atoms with E-state index in [1.807, 2.05) is 36.4 Å². The molecular weight excluding hydrogens is 456 g/mol. The zero-order chi connectivity index (χ0) is 24.5. The summed E-state index contributed by atoms with van der Waals surface area (Å²) >= 11 is 1.68. The summed E-state index contributed by atoms with van der Waals surface area (Å²) in [6, 6.07) is 16.7. The summed E-state index contributed by atoms with van der Waals surface area (Å²) in [6.45, 7) is 7.02. The number of anilines is 1. The van der Waals surface area contributed by atoms with Crippen LogP contribution in [0, 0.1) is 0 Å². The van der Waals surface area contributed by atoms with Crippen molar-refractivity contribution in [2.45, 2.75) is 70.2 Å². The summed E-state index contributed by atoms with van der Waals surface area (Å²) in [5.41, 5.74) is 5.14. The highest BCUT2D eigenvalue weighted by molar-refractivity contribution is 8.00.